The summed E-state index contributed by atoms with van der Waals surface area (Å²) in [5.41, 5.74) is 4.25. The fraction of sp³-hybridized carbons (Fsp3) is 0.227. The molecule has 0 amide bonds. The molecular formula is C22H21N5OS. The molecule has 1 aliphatic rings. The van der Waals surface area contributed by atoms with E-state index in [2.05, 4.69) is 45.2 Å². The number of ether oxygens (including phenoxy) is 1. The third kappa shape index (κ3) is 3.78. The molecule has 0 atom stereocenters. The van der Waals surface area contributed by atoms with Crippen LogP contribution in [0.15, 0.2) is 72.3 Å². The Hall–Kier alpha value is -3.06. The molecule has 1 aliphatic carbocycles. The van der Waals surface area contributed by atoms with Crippen molar-refractivity contribution >= 4 is 11.8 Å². The number of methoxy groups -OCH3 is 1. The van der Waals surface area contributed by atoms with Crippen LogP contribution in [0.25, 0.3) is 16.9 Å². The Morgan fingerprint density at radius 3 is 2.59 bits per heavy atom. The summed E-state index contributed by atoms with van der Waals surface area (Å²) in [5, 5.41) is 14.3. The van der Waals surface area contributed by atoms with Gasteiger partial charge in [0.15, 0.2) is 5.16 Å². The number of aromatic nitrogens is 5. The Balaban J connectivity index is 1.48. The first-order valence-corrected chi connectivity index (χ1v) is 10.6. The molecule has 29 heavy (non-hydrogen) atoms. The molecule has 1 saturated carbocycles. The van der Waals surface area contributed by atoms with Gasteiger partial charge in [-0.05, 0) is 49.2 Å². The quantitative estimate of drug-likeness (QED) is 0.416. The Bertz CT molecular complexity index is 1100. The maximum Gasteiger partial charge on any atom is 0.191 e. The van der Waals surface area contributed by atoms with Crippen molar-refractivity contribution in [2.45, 2.75) is 29.8 Å². The predicted octanol–water partition coefficient (Wildman–Crippen LogP) is 4.77. The topological polar surface area (TPSA) is 57.8 Å². The summed E-state index contributed by atoms with van der Waals surface area (Å²) in [6, 6.07) is 18.8. The molecule has 146 valence electrons. The van der Waals surface area contributed by atoms with Crippen LogP contribution in [0.3, 0.4) is 0 Å². The minimum Gasteiger partial charge on any atom is -0.497 e. The van der Waals surface area contributed by atoms with E-state index in [-0.39, 0.29) is 0 Å². The van der Waals surface area contributed by atoms with Gasteiger partial charge in [-0.25, -0.2) is 4.68 Å². The fourth-order valence-electron chi connectivity index (χ4n) is 3.30. The summed E-state index contributed by atoms with van der Waals surface area (Å²) in [6.07, 6.45) is 6.39. The predicted molar refractivity (Wildman–Crippen MR) is 113 cm³/mol. The molecule has 5 rings (SSSR count). The van der Waals surface area contributed by atoms with Gasteiger partial charge in [-0.15, -0.1) is 10.2 Å². The van der Waals surface area contributed by atoms with E-state index in [9.17, 15) is 0 Å². The van der Waals surface area contributed by atoms with Crippen LogP contribution < -0.4 is 4.74 Å². The Morgan fingerprint density at radius 2 is 1.86 bits per heavy atom. The molecule has 0 radical (unpaired) electrons. The van der Waals surface area contributed by atoms with Gasteiger partial charge in [0.25, 0.3) is 0 Å². The first-order valence-electron chi connectivity index (χ1n) is 9.62. The SMILES string of the molecule is COc1ccc(-c2nn(-c3ccccc3)cc2CSc2nncn2C2CC2)cc1. The van der Waals surface area contributed by atoms with E-state index in [4.69, 9.17) is 9.84 Å². The lowest BCUT2D eigenvalue weighted by atomic mass is 10.1. The summed E-state index contributed by atoms with van der Waals surface area (Å²) in [4.78, 5) is 0. The van der Waals surface area contributed by atoms with Crippen molar-refractivity contribution in [2.75, 3.05) is 7.11 Å². The molecule has 0 bridgehead atoms. The number of hydrogen-bond acceptors (Lipinski definition) is 5. The molecular weight excluding hydrogens is 382 g/mol. The van der Waals surface area contributed by atoms with Gasteiger partial charge in [-0.3, -0.25) is 0 Å². The van der Waals surface area contributed by atoms with Gasteiger partial charge >= 0.3 is 0 Å². The first kappa shape index (κ1) is 18.0. The van der Waals surface area contributed by atoms with E-state index in [0.717, 1.165) is 39.2 Å². The van der Waals surface area contributed by atoms with Crippen molar-refractivity contribution in [3.8, 4) is 22.7 Å². The van der Waals surface area contributed by atoms with E-state index >= 15 is 0 Å². The van der Waals surface area contributed by atoms with Gasteiger partial charge in [0.2, 0.25) is 0 Å². The van der Waals surface area contributed by atoms with Gasteiger partial charge < -0.3 is 9.30 Å². The number of thioether (sulfide) groups is 1. The highest BCUT2D eigenvalue weighted by Gasteiger charge is 2.26. The van der Waals surface area contributed by atoms with E-state index in [1.807, 2.05) is 41.3 Å². The highest BCUT2D eigenvalue weighted by atomic mass is 32.2. The second-order valence-corrected chi connectivity index (χ2v) is 7.99. The van der Waals surface area contributed by atoms with Gasteiger partial charge in [-0.1, -0.05) is 30.0 Å². The van der Waals surface area contributed by atoms with E-state index < -0.39 is 0 Å². The Kier molecular flexibility index (Phi) is 4.81. The molecule has 7 heteroatoms. The molecule has 0 N–H and O–H groups in total. The molecule has 4 aromatic rings. The van der Waals surface area contributed by atoms with E-state index in [0.29, 0.717) is 6.04 Å². The average Bonchev–Trinajstić information content (AvgIpc) is 3.36. The largest absolute Gasteiger partial charge is 0.497 e. The zero-order valence-electron chi connectivity index (χ0n) is 16.1. The molecule has 0 saturated heterocycles. The Labute approximate surface area is 173 Å². The number of rotatable bonds is 7. The normalized spacial score (nSPS) is 13.6. The standard InChI is InChI=1S/C22H21N5OS/c1-28-20-11-7-16(8-12-20)21-17(13-27(25-21)19-5-3-2-4-6-19)14-29-22-24-23-15-26(22)18-9-10-18/h2-8,11-13,15,18H,9-10,14H2,1H3. The summed E-state index contributed by atoms with van der Waals surface area (Å²) in [7, 11) is 1.68. The summed E-state index contributed by atoms with van der Waals surface area (Å²) in [6.45, 7) is 0. The van der Waals surface area contributed by atoms with E-state index in [1.165, 1.54) is 12.8 Å². The van der Waals surface area contributed by atoms with Crippen LogP contribution in [-0.4, -0.2) is 31.7 Å². The van der Waals surface area contributed by atoms with Gasteiger partial charge in [-0.2, -0.15) is 5.10 Å². The second kappa shape index (κ2) is 7.75. The molecule has 1 fully saturated rings. The molecule has 2 heterocycles. The monoisotopic (exact) mass is 403 g/mol. The van der Waals surface area contributed by atoms with Crippen molar-refractivity contribution in [1.82, 2.24) is 24.5 Å². The number of para-hydroxylation sites is 1. The zero-order chi connectivity index (χ0) is 19.6. The first-order chi connectivity index (χ1) is 14.3. The molecule has 2 aromatic heterocycles. The van der Waals surface area contributed by atoms with Crippen LogP contribution >= 0.6 is 11.8 Å². The van der Waals surface area contributed by atoms with Gasteiger partial charge in [0.05, 0.1) is 18.5 Å². The van der Waals surface area contributed by atoms with Crippen molar-refractivity contribution in [1.29, 1.82) is 0 Å². The summed E-state index contributed by atoms with van der Waals surface area (Å²) >= 11 is 1.71. The Morgan fingerprint density at radius 1 is 1.07 bits per heavy atom. The van der Waals surface area contributed by atoms with Crippen LogP contribution in [-0.2, 0) is 5.75 Å². The van der Waals surface area contributed by atoms with Crippen molar-refractivity contribution < 1.29 is 4.74 Å². The summed E-state index contributed by atoms with van der Waals surface area (Å²) < 4.78 is 9.44. The lowest BCUT2D eigenvalue weighted by molar-refractivity contribution is 0.415. The van der Waals surface area contributed by atoms with Crippen LogP contribution in [0.5, 0.6) is 5.75 Å². The van der Waals surface area contributed by atoms with Crippen LogP contribution in [0.1, 0.15) is 24.4 Å². The lowest BCUT2D eigenvalue weighted by Gasteiger charge is -2.05. The highest BCUT2D eigenvalue weighted by molar-refractivity contribution is 7.98. The molecule has 0 aliphatic heterocycles. The third-order valence-electron chi connectivity index (χ3n) is 5.01. The average molecular weight is 404 g/mol. The van der Waals surface area contributed by atoms with Crippen molar-refractivity contribution in [3.63, 3.8) is 0 Å². The second-order valence-electron chi connectivity index (χ2n) is 7.05. The van der Waals surface area contributed by atoms with Gasteiger partial charge in [0.1, 0.15) is 12.1 Å². The smallest absolute Gasteiger partial charge is 0.191 e. The molecule has 2 aromatic carbocycles. The third-order valence-corrected chi connectivity index (χ3v) is 6.02. The maximum absolute atomic E-state index is 5.30. The molecule has 0 spiro atoms. The van der Waals surface area contributed by atoms with Crippen molar-refractivity contribution in [2.24, 2.45) is 0 Å². The van der Waals surface area contributed by atoms with Crippen LogP contribution in [0, 0.1) is 0 Å². The summed E-state index contributed by atoms with van der Waals surface area (Å²) in [5.74, 6) is 1.62. The van der Waals surface area contributed by atoms with Crippen LogP contribution in [0.4, 0.5) is 0 Å². The minimum absolute atomic E-state index is 0.570. The number of hydrogen-bond donors (Lipinski definition) is 0. The molecule has 6 nitrogen and oxygen atoms in total. The lowest BCUT2D eigenvalue weighted by Crippen LogP contribution is -1.95. The fourth-order valence-corrected chi connectivity index (χ4v) is 4.25. The minimum atomic E-state index is 0.570. The number of nitrogens with zero attached hydrogens (tertiary/aromatic N) is 5. The van der Waals surface area contributed by atoms with Gasteiger partial charge in [0, 0.05) is 29.1 Å². The van der Waals surface area contributed by atoms with Crippen molar-refractivity contribution in [3.05, 3.63) is 72.7 Å². The number of benzene rings is 2. The van der Waals surface area contributed by atoms with Crippen LogP contribution in [0.2, 0.25) is 0 Å². The van der Waals surface area contributed by atoms with E-state index in [1.54, 1.807) is 18.9 Å². The maximum atomic E-state index is 5.30. The highest BCUT2D eigenvalue weighted by Crippen LogP contribution is 2.38. The zero-order valence-corrected chi connectivity index (χ0v) is 16.9. The molecule has 0 unspecified atom stereocenters.